The van der Waals surface area contributed by atoms with Crippen LogP contribution in [0.1, 0.15) is 12.8 Å². The molecule has 1 fully saturated rings. The Labute approximate surface area is 196 Å². The van der Waals surface area contributed by atoms with E-state index in [1.807, 2.05) is 60.7 Å². The third-order valence-corrected chi connectivity index (χ3v) is 5.19. The molecule has 4 rings (SSSR count). The first kappa shape index (κ1) is 22.6. The Morgan fingerprint density at radius 3 is 2.32 bits per heavy atom. The van der Waals surface area contributed by atoms with Crippen LogP contribution in [0.3, 0.4) is 0 Å². The topological polar surface area (TPSA) is 85.2 Å². The SMILES string of the molecule is [NH-]c1ccccc1-c1ccc(N2CCCC(NC(=O)Nc3ccccc3)C2=O)cc1.[W]. The van der Waals surface area contributed by atoms with Gasteiger partial charge in [0.15, 0.2) is 0 Å². The zero-order valence-electron chi connectivity index (χ0n) is 16.9. The van der Waals surface area contributed by atoms with Gasteiger partial charge in [-0.1, -0.05) is 54.6 Å². The predicted molar refractivity (Wildman–Crippen MR) is 120 cm³/mol. The van der Waals surface area contributed by atoms with Crippen molar-refractivity contribution in [1.29, 1.82) is 0 Å². The monoisotopic (exact) mass is 583 g/mol. The molecule has 1 aliphatic heterocycles. The number of nitrogens with one attached hydrogen (secondary N) is 3. The normalized spacial score (nSPS) is 15.7. The number of carbonyl (C=O) groups excluding carboxylic acids is 2. The Hall–Kier alpha value is -3.11. The van der Waals surface area contributed by atoms with Crippen LogP contribution in [-0.2, 0) is 25.9 Å². The summed E-state index contributed by atoms with van der Waals surface area (Å²) < 4.78 is 0. The fraction of sp³-hybridized carbons (Fsp3) is 0.167. The van der Waals surface area contributed by atoms with Gasteiger partial charge in [0.05, 0.1) is 0 Å². The van der Waals surface area contributed by atoms with Crippen molar-refractivity contribution in [2.75, 3.05) is 16.8 Å². The molecule has 7 heteroatoms. The van der Waals surface area contributed by atoms with Crippen molar-refractivity contribution in [2.45, 2.75) is 18.9 Å². The Balaban J connectivity index is 0.00000272. The van der Waals surface area contributed by atoms with E-state index in [9.17, 15) is 9.59 Å². The van der Waals surface area contributed by atoms with Crippen LogP contribution in [-0.4, -0.2) is 24.5 Å². The number of nitrogens with zero attached hydrogens (tertiary/aromatic N) is 1. The zero-order valence-corrected chi connectivity index (χ0v) is 19.8. The van der Waals surface area contributed by atoms with Crippen LogP contribution < -0.4 is 15.5 Å². The number of rotatable bonds is 4. The molecule has 0 aliphatic carbocycles. The molecule has 6 nitrogen and oxygen atoms in total. The van der Waals surface area contributed by atoms with Crippen LogP contribution >= 0.6 is 0 Å². The minimum Gasteiger partial charge on any atom is -0.698 e. The Morgan fingerprint density at radius 1 is 0.935 bits per heavy atom. The van der Waals surface area contributed by atoms with Gasteiger partial charge in [0.25, 0.3) is 0 Å². The van der Waals surface area contributed by atoms with Gasteiger partial charge in [0.2, 0.25) is 5.91 Å². The van der Waals surface area contributed by atoms with Gasteiger partial charge in [-0.25, -0.2) is 4.79 Å². The number of anilines is 2. The summed E-state index contributed by atoms with van der Waals surface area (Å²) in [5.41, 5.74) is 11.8. The third-order valence-electron chi connectivity index (χ3n) is 5.19. The van der Waals surface area contributed by atoms with Crippen LogP contribution in [0.25, 0.3) is 16.9 Å². The minimum atomic E-state index is -0.559. The second-order valence-corrected chi connectivity index (χ2v) is 7.24. The molecule has 0 aromatic heterocycles. The van der Waals surface area contributed by atoms with Gasteiger partial charge in [0, 0.05) is 39.0 Å². The number of benzene rings is 3. The van der Waals surface area contributed by atoms with Crippen molar-refractivity contribution in [3.63, 3.8) is 0 Å². The van der Waals surface area contributed by atoms with Crippen molar-refractivity contribution >= 4 is 29.0 Å². The quantitative estimate of drug-likeness (QED) is 0.434. The first-order valence-corrected chi connectivity index (χ1v) is 9.97. The molecule has 158 valence electrons. The van der Waals surface area contributed by atoms with Gasteiger partial charge < -0.3 is 21.3 Å². The standard InChI is InChI=1S/C24H23N4O2.W/c25-21-10-5-4-9-20(21)17-12-14-19(15-13-17)28-16-6-11-22(23(28)29)27-24(30)26-18-7-2-1-3-8-18;/h1-5,7-10,12-15,22,25H,6,11,16H2,(H2,26,27,30);/q-1;. The van der Waals surface area contributed by atoms with Crippen LogP contribution in [0.2, 0.25) is 0 Å². The summed E-state index contributed by atoms with van der Waals surface area (Å²) >= 11 is 0. The minimum absolute atomic E-state index is 0. The number of para-hydroxylation sites is 1. The molecule has 31 heavy (non-hydrogen) atoms. The molecule has 0 saturated carbocycles. The molecule has 3 aromatic carbocycles. The fourth-order valence-electron chi connectivity index (χ4n) is 3.67. The number of amides is 3. The van der Waals surface area contributed by atoms with Crippen molar-refractivity contribution < 1.29 is 30.7 Å². The van der Waals surface area contributed by atoms with Gasteiger partial charge in [-0.15, -0.1) is 5.69 Å². The predicted octanol–water partition coefficient (Wildman–Crippen LogP) is 5.35. The van der Waals surface area contributed by atoms with E-state index >= 15 is 0 Å². The Bertz CT molecular complexity index is 1040. The summed E-state index contributed by atoms with van der Waals surface area (Å²) in [5.74, 6) is -0.113. The van der Waals surface area contributed by atoms with Crippen molar-refractivity contribution in [2.24, 2.45) is 0 Å². The largest absolute Gasteiger partial charge is 0.698 e. The van der Waals surface area contributed by atoms with Gasteiger partial charge in [-0.2, -0.15) is 0 Å². The van der Waals surface area contributed by atoms with E-state index in [0.717, 1.165) is 23.2 Å². The van der Waals surface area contributed by atoms with E-state index in [-0.39, 0.29) is 33.0 Å². The second-order valence-electron chi connectivity index (χ2n) is 7.24. The molecule has 1 unspecified atom stereocenters. The van der Waals surface area contributed by atoms with Gasteiger partial charge in [-0.05, 0) is 48.2 Å². The van der Waals surface area contributed by atoms with E-state index in [1.165, 1.54) is 0 Å². The average molecular weight is 583 g/mol. The van der Waals surface area contributed by atoms with E-state index < -0.39 is 6.04 Å². The maximum Gasteiger partial charge on any atom is 0.319 e. The van der Waals surface area contributed by atoms with Crippen LogP contribution in [0.15, 0.2) is 78.9 Å². The summed E-state index contributed by atoms with van der Waals surface area (Å²) in [4.78, 5) is 27.0. The van der Waals surface area contributed by atoms with E-state index in [0.29, 0.717) is 24.3 Å². The van der Waals surface area contributed by atoms with Crippen LogP contribution in [0.4, 0.5) is 21.9 Å². The molecular formula is C24H23N4O2W-. The van der Waals surface area contributed by atoms with E-state index in [4.69, 9.17) is 5.73 Å². The van der Waals surface area contributed by atoms with E-state index in [1.54, 1.807) is 23.1 Å². The first-order chi connectivity index (χ1) is 14.6. The first-order valence-electron chi connectivity index (χ1n) is 9.97. The molecule has 0 bridgehead atoms. The van der Waals surface area contributed by atoms with Crippen LogP contribution in [0, 0.1) is 0 Å². The van der Waals surface area contributed by atoms with Crippen molar-refractivity contribution in [3.05, 3.63) is 84.6 Å². The molecule has 0 spiro atoms. The molecule has 1 atom stereocenters. The number of hydrogen-bond donors (Lipinski definition) is 2. The zero-order chi connectivity index (χ0) is 20.9. The number of urea groups is 1. The maximum absolute atomic E-state index is 13.0. The van der Waals surface area contributed by atoms with Gasteiger partial charge in [0.1, 0.15) is 6.04 Å². The van der Waals surface area contributed by atoms with E-state index in [2.05, 4.69) is 10.6 Å². The smallest absolute Gasteiger partial charge is 0.319 e. The molecule has 1 heterocycles. The summed E-state index contributed by atoms with van der Waals surface area (Å²) in [5, 5.41) is 5.55. The third kappa shape index (κ3) is 5.33. The maximum atomic E-state index is 13.0. The molecule has 1 aliphatic rings. The molecule has 3 N–H and O–H groups in total. The average Bonchev–Trinajstić information content (AvgIpc) is 2.76. The molecule has 3 aromatic rings. The van der Waals surface area contributed by atoms with Crippen LogP contribution in [0.5, 0.6) is 0 Å². The molecule has 1 saturated heterocycles. The molecule has 0 radical (unpaired) electrons. The van der Waals surface area contributed by atoms with Crippen molar-refractivity contribution in [1.82, 2.24) is 5.32 Å². The number of piperidine rings is 1. The number of carbonyl (C=O) groups is 2. The Morgan fingerprint density at radius 2 is 1.61 bits per heavy atom. The summed E-state index contributed by atoms with van der Waals surface area (Å²) in [7, 11) is 0. The number of hydrogen-bond acceptors (Lipinski definition) is 2. The summed E-state index contributed by atoms with van der Waals surface area (Å²) in [6.07, 6.45) is 1.42. The second kappa shape index (κ2) is 10.3. The molecule has 3 amide bonds. The van der Waals surface area contributed by atoms with Gasteiger partial charge >= 0.3 is 6.03 Å². The van der Waals surface area contributed by atoms with Crippen molar-refractivity contribution in [3.8, 4) is 11.1 Å². The summed E-state index contributed by atoms with van der Waals surface area (Å²) in [6.45, 7) is 0.617. The molecular weight excluding hydrogens is 560 g/mol. The summed E-state index contributed by atoms with van der Waals surface area (Å²) in [6, 6.07) is 23.3. The fourth-order valence-corrected chi connectivity index (χ4v) is 3.67. The Kier molecular flexibility index (Phi) is 7.48. The van der Waals surface area contributed by atoms with Gasteiger partial charge in [-0.3, -0.25) is 4.79 Å².